The number of carbonyl (C=O) groups is 1. The molecular formula is C24H23N3O3. The highest BCUT2D eigenvalue weighted by Gasteiger charge is 2.04. The molecule has 6 nitrogen and oxygen atoms in total. The number of ketones is 1. The molecule has 3 aromatic rings. The number of imidazole rings is 1. The number of aryl methyl sites for hydroxylation is 1. The van der Waals surface area contributed by atoms with Crippen molar-refractivity contribution in [3.05, 3.63) is 84.0 Å². The highest BCUT2D eigenvalue weighted by molar-refractivity contribution is 6.06. The van der Waals surface area contributed by atoms with Crippen molar-refractivity contribution in [2.24, 2.45) is 7.05 Å². The highest BCUT2D eigenvalue weighted by Crippen LogP contribution is 2.17. The molecule has 0 atom stereocenters. The lowest BCUT2D eigenvalue weighted by atomic mass is 10.1. The van der Waals surface area contributed by atoms with Gasteiger partial charge in [0.1, 0.15) is 23.9 Å². The van der Waals surface area contributed by atoms with Crippen molar-refractivity contribution in [1.82, 2.24) is 9.55 Å². The number of nitrogens with zero attached hydrogens (tertiary/aromatic N) is 3. The first-order chi connectivity index (χ1) is 14.7. The normalized spacial score (nSPS) is 10.7. The van der Waals surface area contributed by atoms with Crippen molar-refractivity contribution in [1.29, 1.82) is 5.26 Å². The smallest absolute Gasteiger partial charge is 0.185 e. The molecule has 0 saturated heterocycles. The molecule has 0 amide bonds. The SMILES string of the molecule is Cn1ccnc1COc1ccc(C(=O)/C=C/c2cccc(OCCCC#N)c2)cc1. The second kappa shape index (κ2) is 10.6. The number of carbonyl (C=O) groups excluding carboxylic acids is 1. The number of allylic oxidation sites excluding steroid dienone is 1. The van der Waals surface area contributed by atoms with E-state index in [0.717, 1.165) is 17.1 Å². The maximum atomic E-state index is 12.4. The van der Waals surface area contributed by atoms with Crippen molar-refractivity contribution in [2.45, 2.75) is 19.4 Å². The van der Waals surface area contributed by atoms with Crippen LogP contribution in [-0.2, 0) is 13.7 Å². The molecule has 3 rings (SSSR count). The number of aromatic nitrogens is 2. The monoisotopic (exact) mass is 401 g/mol. The van der Waals surface area contributed by atoms with Crippen LogP contribution in [0.4, 0.5) is 0 Å². The van der Waals surface area contributed by atoms with Crippen LogP contribution in [0.5, 0.6) is 11.5 Å². The molecule has 0 aliphatic carbocycles. The molecule has 0 saturated carbocycles. The van der Waals surface area contributed by atoms with Gasteiger partial charge in [-0.15, -0.1) is 0 Å². The number of rotatable bonds is 10. The summed E-state index contributed by atoms with van der Waals surface area (Å²) in [4.78, 5) is 16.7. The average molecular weight is 401 g/mol. The first-order valence-electron chi connectivity index (χ1n) is 9.67. The zero-order chi connectivity index (χ0) is 21.2. The van der Waals surface area contributed by atoms with Crippen molar-refractivity contribution < 1.29 is 14.3 Å². The van der Waals surface area contributed by atoms with E-state index in [-0.39, 0.29) is 5.78 Å². The predicted molar refractivity (Wildman–Crippen MR) is 114 cm³/mol. The van der Waals surface area contributed by atoms with Crippen LogP contribution in [0, 0.1) is 11.3 Å². The number of benzene rings is 2. The van der Waals surface area contributed by atoms with E-state index in [1.165, 1.54) is 0 Å². The van der Waals surface area contributed by atoms with Crippen LogP contribution in [0.15, 0.2) is 67.0 Å². The minimum absolute atomic E-state index is 0.0917. The van der Waals surface area contributed by atoms with E-state index >= 15 is 0 Å². The summed E-state index contributed by atoms with van der Waals surface area (Å²) < 4.78 is 13.2. The van der Waals surface area contributed by atoms with Crippen LogP contribution in [0.1, 0.15) is 34.6 Å². The van der Waals surface area contributed by atoms with E-state index in [1.54, 1.807) is 42.6 Å². The molecule has 0 spiro atoms. The minimum Gasteiger partial charge on any atom is -0.494 e. The Bertz CT molecular complexity index is 1050. The molecule has 2 aromatic carbocycles. The van der Waals surface area contributed by atoms with Crippen LogP contribution >= 0.6 is 0 Å². The molecule has 152 valence electrons. The number of ether oxygens (including phenoxy) is 2. The maximum absolute atomic E-state index is 12.4. The van der Waals surface area contributed by atoms with Crippen LogP contribution in [0.2, 0.25) is 0 Å². The van der Waals surface area contributed by atoms with Crippen LogP contribution in [0.25, 0.3) is 6.08 Å². The van der Waals surface area contributed by atoms with E-state index in [0.29, 0.717) is 37.4 Å². The molecule has 0 N–H and O–H groups in total. The van der Waals surface area contributed by atoms with Crippen LogP contribution < -0.4 is 9.47 Å². The van der Waals surface area contributed by atoms with Gasteiger partial charge >= 0.3 is 0 Å². The largest absolute Gasteiger partial charge is 0.494 e. The van der Waals surface area contributed by atoms with Crippen molar-refractivity contribution in [3.63, 3.8) is 0 Å². The summed E-state index contributed by atoms with van der Waals surface area (Å²) in [5, 5.41) is 8.56. The predicted octanol–water partition coefficient (Wildman–Crippen LogP) is 4.58. The standard InChI is InChI=1S/C24H23N3O3/c1-27-15-14-26-24(27)18-30-21-10-8-20(9-11-21)23(28)12-7-19-5-4-6-22(17-19)29-16-3-2-13-25/h4-12,14-15,17H,2-3,16,18H2,1H3/b12-7+. The summed E-state index contributed by atoms with van der Waals surface area (Å²) in [6, 6.07) is 16.6. The van der Waals surface area contributed by atoms with Gasteiger partial charge in [-0.3, -0.25) is 4.79 Å². The molecule has 1 aromatic heterocycles. The lowest BCUT2D eigenvalue weighted by Gasteiger charge is -2.06. The molecule has 0 aliphatic rings. The van der Waals surface area contributed by atoms with E-state index in [1.807, 2.05) is 42.1 Å². The van der Waals surface area contributed by atoms with E-state index in [9.17, 15) is 4.79 Å². The second-order valence-electron chi connectivity index (χ2n) is 6.65. The van der Waals surface area contributed by atoms with Crippen molar-refractivity contribution in [3.8, 4) is 17.6 Å². The molecule has 0 fully saturated rings. The minimum atomic E-state index is -0.0917. The number of unbranched alkanes of at least 4 members (excludes halogenated alkanes) is 1. The van der Waals surface area contributed by atoms with Gasteiger partial charge in [-0.2, -0.15) is 5.26 Å². The Morgan fingerprint density at radius 1 is 1.17 bits per heavy atom. The van der Waals surface area contributed by atoms with Gasteiger partial charge in [-0.1, -0.05) is 18.2 Å². The third kappa shape index (κ3) is 6.08. The van der Waals surface area contributed by atoms with Gasteiger partial charge in [0, 0.05) is 31.4 Å². The first-order valence-corrected chi connectivity index (χ1v) is 9.67. The van der Waals surface area contributed by atoms with Crippen LogP contribution in [0.3, 0.4) is 0 Å². The summed E-state index contributed by atoms with van der Waals surface area (Å²) in [6.45, 7) is 0.861. The fourth-order valence-corrected chi connectivity index (χ4v) is 2.72. The third-order valence-electron chi connectivity index (χ3n) is 4.41. The van der Waals surface area contributed by atoms with Crippen LogP contribution in [-0.4, -0.2) is 21.9 Å². The van der Waals surface area contributed by atoms with Gasteiger partial charge in [-0.05, 0) is 54.5 Å². The Morgan fingerprint density at radius 2 is 2.00 bits per heavy atom. The fraction of sp³-hybridized carbons (Fsp3) is 0.208. The fourth-order valence-electron chi connectivity index (χ4n) is 2.72. The average Bonchev–Trinajstić information content (AvgIpc) is 3.19. The first kappa shape index (κ1) is 20.9. The Morgan fingerprint density at radius 3 is 2.73 bits per heavy atom. The quantitative estimate of drug-likeness (QED) is 0.282. The van der Waals surface area contributed by atoms with E-state index in [2.05, 4.69) is 11.1 Å². The van der Waals surface area contributed by atoms with E-state index in [4.69, 9.17) is 14.7 Å². The molecule has 0 bridgehead atoms. The number of nitriles is 1. The van der Waals surface area contributed by atoms with Crippen molar-refractivity contribution in [2.75, 3.05) is 6.61 Å². The zero-order valence-electron chi connectivity index (χ0n) is 16.8. The van der Waals surface area contributed by atoms with Gasteiger partial charge in [0.15, 0.2) is 5.78 Å². The van der Waals surface area contributed by atoms with Gasteiger partial charge in [0.2, 0.25) is 0 Å². The molecule has 1 heterocycles. The topological polar surface area (TPSA) is 77.1 Å². The summed E-state index contributed by atoms with van der Waals surface area (Å²) >= 11 is 0. The summed E-state index contributed by atoms with van der Waals surface area (Å²) in [5.74, 6) is 2.14. The number of hydrogen-bond donors (Lipinski definition) is 0. The number of hydrogen-bond acceptors (Lipinski definition) is 5. The lowest BCUT2D eigenvalue weighted by Crippen LogP contribution is -2.03. The zero-order valence-corrected chi connectivity index (χ0v) is 16.8. The molecule has 6 heteroatoms. The molecule has 30 heavy (non-hydrogen) atoms. The summed E-state index contributed by atoms with van der Waals surface area (Å²) in [5.41, 5.74) is 1.45. The Balaban J connectivity index is 1.54. The molecule has 0 radical (unpaired) electrons. The van der Waals surface area contributed by atoms with Gasteiger partial charge < -0.3 is 14.0 Å². The second-order valence-corrected chi connectivity index (χ2v) is 6.65. The highest BCUT2D eigenvalue weighted by atomic mass is 16.5. The van der Waals surface area contributed by atoms with E-state index < -0.39 is 0 Å². The third-order valence-corrected chi connectivity index (χ3v) is 4.41. The molecule has 0 unspecified atom stereocenters. The molecule has 0 aliphatic heterocycles. The Kier molecular flexibility index (Phi) is 7.39. The van der Waals surface area contributed by atoms with Gasteiger partial charge in [0.25, 0.3) is 0 Å². The maximum Gasteiger partial charge on any atom is 0.185 e. The lowest BCUT2D eigenvalue weighted by molar-refractivity contribution is 0.104. The molecular weight excluding hydrogens is 378 g/mol. The Hall–Kier alpha value is -3.85. The van der Waals surface area contributed by atoms with Gasteiger partial charge in [0.05, 0.1) is 12.7 Å². The van der Waals surface area contributed by atoms with Crippen molar-refractivity contribution >= 4 is 11.9 Å². The Labute approximate surface area is 176 Å². The summed E-state index contributed by atoms with van der Waals surface area (Å²) in [6.07, 6.45) is 8.05. The summed E-state index contributed by atoms with van der Waals surface area (Å²) in [7, 11) is 1.91. The van der Waals surface area contributed by atoms with Gasteiger partial charge in [-0.25, -0.2) is 4.98 Å².